The average Bonchev–Trinajstić information content (AvgIpc) is 3.51. The number of hydrogen-bond acceptors (Lipinski definition) is 12. The summed E-state index contributed by atoms with van der Waals surface area (Å²) in [5.74, 6) is -4.74. The summed E-state index contributed by atoms with van der Waals surface area (Å²) in [7, 11) is 0. The Bertz CT molecular complexity index is 2990. The molecule has 9 aromatic rings. The molecule has 0 amide bonds. The zero-order chi connectivity index (χ0) is 51.7. The Kier molecular flexibility index (Phi) is 14.2. The van der Waals surface area contributed by atoms with E-state index in [1.54, 1.807) is 218 Å². The van der Waals surface area contributed by atoms with Crippen LogP contribution in [0.1, 0.15) is 95.5 Å². The molecule has 0 radical (unpaired) electrons. The number of rotatable bonds is 12. The number of fused-ring (bicyclic) bond motifs is 3. The summed E-state index contributed by atoms with van der Waals surface area (Å²) < 4.78 is 36.4. The molecule has 12 heteroatoms. The highest BCUT2D eigenvalue weighted by atomic mass is 16.6. The van der Waals surface area contributed by atoms with Gasteiger partial charge in [0, 0.05) is 0 Å². The Morgan fingerprint density at radius 3 is 0.480 bits per heavy atom. The van der Waals surface area contributed by atoms with Gasteiger partial charge < -0.3 is 28.4 Å². The first-order valence-corrected chi connectivity index (χ1v) is 23.7. The van der Waals surface area contributed by atoms with Crippen molar-refractivity contribution in [2.45, 2.75) is 19.3 Å². The molecule has 9 aromatic carbocycles. The quantitative estimate of drug-likeness (QED) is 0.0844. The summed E-state index contributed by atoms with van der Waals surface area (Å²) in [6.45, 7) is 0. The van der Waals surface area contributed by atoms with Crippen LogP contribution in [0.25, 0.3) is 0 Å². The van der Waals surface area contributed by atoms with Crippen LogP contribution < -0.4 is 28.4 Å². The predicted octanol–water partition coefficient (Wildman–Crippen LogP) is 12.1. The number of hydrogen-bond donors (Lipinski definition) is 0. The largest absolute Gasteiger partial charge is 0.419 e. The maximum Gasteiger partial charge on any atom is 0.343 e. The van der Waals surface area contributed by atoms with Gasteiger partial charge in [0.05, 0.1) is 33.4 Å². The van der Waals surface area contributed by atoms with Crippen LogP contribution in [0, 0.1) is 0 Å². The molecule has 0 fully saturated rings. The molecule has 12 nitrogen and oxygen atoms in total. The highest BCUT2D eigenvalue weighted by molar-refractivity contribution is 5.96. The van der Waals surface area contributed by atoms with Gasteiger partial charge in [-0.2, -0.15) is 0 Å². The molecule has 75 heavy (non-hydrogen) atoms. The molecule has 0 unspecified atom stereocenters. The molecule has 0 aromatic heterocycles. The van der Waals surface area contributed by atoms with Crippen molar-refractivity contribution < 1.29 is 57.2 Å². The SMILES string of the molecule is O=C(Oc1cc2c(cc1OC(=O)c1ccccc1)Cc1cc(OC(=O)c3ccccc3)c(OC(=O)c3ccccc3)cc1Cc1cc(OC(=O)c3ccccc3)c(OC(=O)c3ccccc3)cc1C2)c1ccccc1. The van der Waals surface area contributed by atoms with Crippen LogP contribution in [-0.4, -0.2) is 35.8 Å². The van der Waals surface area contributed by atoms with Crippen LogP contribution in [0.5, 0.6) is 34.5 Å². The maximum atomic E-state index is 13.8. The van der Waals surface area contributed by atoms with Crippen LogP contribution in [-0.2, 0) is 19.3 Å². The average molecular weight is 991 g/mol. The van der Waals surface area contributed by atoms with E-state index >= 15 is 0 Å². The van der Waals surface area contributed by atoms with E-state index in [9.17, 15) is 28.8 Å². The van der Waals surface area contributed by atoms with E-state index in [2.05, 4.69) is 0 Å². The molecule has 1 aliphatic rings. The van der Waals surface area contributed by atoms with Crippen molar-refractivity contribution >= 4 is 35.8 Å². The molecular weight excluding hydrogens is 949 g/mol. The van der Waals surface area contributed by atoms with Crippen molar-refractivity contribution in [1.29, 1.82) is 0 Å². The van der Waals surface area contributed by atoms with Crippen molar-refractivity contribution in [3.8, 4) is 34.5 Å². The normalized spacial score (nSPS) is 11.4. The van der Waals surface area contributed by atoms with Gasteiger partial charge in [-0.15, -0.1) is 0 Å². The number of ether oxygens (including phenoxy) is 6. The van der Waals surface area contributed by atoms with E-state index in [1.165, 1.54) is 0 Å². The van der Waals surface area contributed by atoms with Crippen molar-refractivity contribution in [2.24, 2.45) is 0 Å². The van der Waals surface area contributed by atoms with Crippen LogP contribution in [0.3, 0.4) is 0 Å². The molecule has 366 valence electrons. The van der Waals surface area contributed by atoms with E-state index < -0.39 is 35.8 Å². The smallest absolute Gasteiger partial charge is 0.343 e. The third-order valence-corrected chi connectivity index (χ3v) is 12.2. The molecule has 1 aliphatic carbocycles. The lowest BCUT2D eigenvalue weighted by Gasteiger charge is -2.18. The number of benzene rings is 9. The Morgan fingerprint density at radius 1 is 0.213 bits per heavy atom. The first-order valence-electron chi connectivity index (χ1n) is 23.7. The van der Waals surface area contributed by atoms with Crippen molar-refractivity contribution in [2.75, 3.05) is 0 Å². The lowest BCUT2D eigenvalue weighted by atomic mass is 9.94. The second-order valence-corrected chi connectivity index (χ2v) is 17.3. The first-order chi connectivity index (χ1) is 36.6. The Labute approximate surface area is 430 Å². The summed E-state index contributed by atoms with van der Waals surface area (Å²) in [4.78, 5) is 82.9. The minimum atomic E-state index is -0.719. The molecule has 0 atom stereocenters. The summed E-state index contributed by atoms with van der Waals surface area (Å²) in [6.07, 6.45) is 0.280. The molecule has 0 spiro atoms. The zero-order valence-corrected chi connectivity index (χ0v) is 39.8. The molecule has 0 saturated carbocycles. The molecule has 0 bridgehead atoms. The lowest BCUT2D eigenvalue weighted by Crippen LogP contribution is -2.14. The Balaban J connectivity index is 1.17. The van der Waals surface area contributed by atoms with Crippen molar-refractivity contribution in [3.63, 3.8) is 0 Å². The molecule has 0 N–H and O–H groups in total. The van der Waals surface area contributed by atoms with E-state index in [0.29, 0.717) is 33.4 Å². The number of carbonyl (C=O) groups is 6. The van der Waals surface area contributed by atoms with Gasteiger partial charge in [0.2, 0.25) is 0 Å². The summed E-state index contributed by atoms with van der Waals surface area (Å²) in [5.41, 5.74) is 4.92. The Morgan fingerprint density at radius 2 is 0.347 bits per heavy atom. The Hall–Kier alpha value is -10.2. The van der Waals surface area contributed by atoms with E-state index in [-0.39, 0.29) is 87.1 Å². The maximum absolute atomic E-state index is 13.8. The van der Waals surface area contributed by atoms with Gasteiger partial charge in [0.1, 0.15) is 0 Å². The molecule has 10 rings (SSSR count). The number of esters is 6. The fraction of sp³-hybridized carbons (Fsp3) is 0.0476. The van der Waals surface area contributed by atoms with Crippen LogP contribution in [0.15, 0.2) is 218 Å². The van der Waals surface area contributed by atoms with E-state index in [0.717, 1.165) is 0 Å². The fourth-order valence-electron chi connectivity index (χ4n) is 8.41. The molecule has 0 heterocycles. The van der Waals surface area contributed by atoms with E-state index in [4.69, 9.17) is 28.4 Å². The molecule has 0 saturated heterocycles. The van der Waals surface area contributed by atoms with Crippen LogP contribution >= 0.6 is 0 Å². The summed E-state index contributed by atoms with van der Waals surface area (Å²) in [6, 6.07) is 59.7. The minimum Gasteiger partial charge on any atom is -0.419 e. The standard InChI is InChI=1S/C63H42O12/c64-58(40-19-7-1-8-20-40)70-52-34-46-31-48-36-54(72-60(66)42-23-11-3-12-24-42)56(74-62(68)44-27-15-5-16-28-44)38-50(48)33-51-39-57(75-63(69)45-29-17-6-18-30-45)55(73-61(67)43-25-13-4-14-26-43)37-49(51)32-47(46)35-53(52)71-59(65)41-21-9-2-10-22-41/h1-30,34-39H,31-33H2. The zero-order valence-electron chi connectivity index (χ0n) is 39.8. The minimum absolute atomic E-state index is 0.0716. The number of carbonyl (C=O) groups excluding carboxylic acids is 6. The van der Waals surface area contributed by atoms with Crippen LogP contribution in [0.4, 0.5) is 0 Å². The van der Waals surface area contributed by atoms with Gasteiger partial charge >= 0.3 is 35.8 Å². The summed E-state index contributed by atoms with van der Waals surface area (Å²) in [5, 5.41) is 0. The van der Waals surface area contributed by atoms with Gasteiger partial charge in [-0.3, -0.25) is 0 Å². The topological polar surface area (TPSA) is 158 Å². The van der Waals surface area contributed by atoms with Crippen LogP contribution in [0.2, 0.25) is 0 Å². The van der Waals surface area contributed by atoms with Crippen molar-refractivity contribution in [1.82, 2.24) is 0 Å². The third kappa shape index (κ3) is 11.5. The molecular formula is C63H42O12. The van der Waals surface area contributed by atoms with Gasteiger partial charge in [-0.1, -0.05) is 109 Å². The second-order valence-electron chi connectivity index (χ2n) is 17.3. The van der Waals surface area contributed by atoms with Gasteiger partial charge in [-0.25, -0.2) is 28.8 Å². The van der Waals surface area contributed by atoms with Crippen molar-refractivity contribution in [3.05, 3.63) is 285 Å². The molecule has 0 aliphatic heterocycles. The summed E-state index contributed by atoms with van der Waals surface area (Å²) >= 11 is 0. The van der Waals surface area contributed by atoms with Gasteiger partial charge in [0.15, 0.2) is 34.5 Å². The highest BCUT2D eigenvalue weighted by Crippen LogP contribution is 2.42. The first kappa shape index (κ1) is 48.4. The monoisotopic (exact) mass is 990 g/mol. The van der Waals surface area contributed by atoms with E-state index in [1.807, 2.05) is 0 Å². The predicted molar refractivity (Wildman–Crippen MR) is 276 cm³/mol. The fourth-order valence-corrected chi connectivity index (χ4v) is 8.41. The lowest BCUT2D eigenvalue weighted by molar-refractivity contribution is 0.0682. The van der Waals surface area contributed by atoms with Gasteiger partial charge in [0.25, 0.3) is 0 Å². The second kappa shape index (κ2) is 22.1. The van der Waals surface area contributed by atoms with Gasteiger partial charge in [-0.05, 0) is 162 Å². The third-order valence-electron chi connectivity index (χ3n) is 12.2. The highest BCUT2D eigenvalue weighted by Gasteiger charge is 2.28.